The lowest BCUT2D eigenvalue weighted by molar-refractivity contribution is 0.414. The zero-order valence-corrected chi connectivity index (χ0v) is 18.9. The van der Waals surface area contributed by atoms with E-state index in [2.05, 4.69) is 0 Å². The van der Waals surface area contributed by atoms with E-state index in [1.165, 1.54) is 7.11 Å². The maximum absolute atomic E-state index is 13.2. The molecule has 1 heterocycles. The van der Waals surface area contributed by atoms with Crippen LogP contribution in [0.1, 0.15) is 38.8 Å². The molecule has 0 radical (unpaired) electrons. The van der Waals surface area contributed by atoms with Gasteiger partial charge in [0.25, 0.3) is 0 Å². The van der Waals surface area contributed by atoms with E-state index in [0.29, 0.717) is 23.3 Å². The number of allylic oxidation sites excluding steroid dienone is 4. The van der Waals surface area contributed by atoms with E-state index in [9.17, 15) is 20.1 Å². The van der Waals surface area contributed by atoms with Crippen LogP contribution in [0.3, 0.4) is 0 Å². The standard InChI is InChI=1S/C26H28O6/c1-14(2)6-12-18-21(27)19(13-7-15(3)4)26-20(22(18)28)23(29)24(30)25(32-26)16-8-10-17(31-5)11-9-16/h6-11,27-28,30H,12-13H2,1-5H3. The number of methoxy groups -OCH3 is 1. The van der Waals surface area contributed by atoms with Gasteiger partial charge in [-0.05, 0) is 64.8 Å². The number of rotatable bonds is 6. The normalized spacial score (nSPS) is 10.8. The first kappa shape index (κ1) is 23.0. The van der Waals surface area contributed by atoms with Gasteiger partial charge in [-0.25, -0.2) is 0 Å². The van der Waals surface area contributed by atoms with Gasteiger partial charge in [0.15, 0.2) is 5.76 Å². The predicted molar refractivity (Wildman–Crippen MR) is 126 cm³/mol. The number of benzene rings is 2. The van der Waals surface area contributed by atoms with Crippen LogP contribution in [0.25, 0.3) is 22.3 Å². The third-order valence-corrected chi connectivity index (χ3v) is 5.24. The smallest absolute Gasteiger partial charge is 0.238 e. The highest BCUT2D eigenvalue weighted by Crippen LogP contribution is 2.42. The van der Waals surface area contributed by atoms with E-state index in [1.807, 2.05) is 39.8 Å². The number of hydrogen-bond donors (Lipinski definition) is 3. The molecule has 3 rings (SSSR count). The van der Waals surface area contributed by atoms with Crippen molar-refractivity contribution in [3.63, 3.8) is 0 Å². The van der Waals surface area contributed by atoms with E-state index in [4.69, 9.17) is 9.15 Å². The molecule has 0 atom stereocenters. The molecule has 0 aliphatic rings. The second-order valence-electron chi connectivity index (χ2n) is 8.17. The van der Waals surface area contributed by atoms with Gasteiger partial charge in [-0.3, -0.25) is 4.79 Å². The van der Waals surface area contributed by atoms with Crippen molar-refractivity contribution >= 4 is 11.0 Å². The maximum atomic E-state index is 13.2. The number of phenolic OH excluding ortho intramolecular Hbond substituents is 2. The number of ether oxygens (including phenoxy) is 1. The summed E-state index contributed by atoms with van der Waals surface area (Å²) >= 11 is 0. The number of aromatic hydroxyl groups is 3. The van der Waals surface area contributed by atoms with Crippen molar-refractivity contribution in [3.8, 4) is 34.3 Å². The molecule has 3 N–H and O–H groups in total. The Hall–Kier alpha value is -3.67. The molecule has 2 aromatic carbocycles. The van der Waals surface area contributed by atoms with Crippen molar-refractivity contribution in [2.75, 3.05) is 7.11 Å². The van der Waals surface area contributed by atoms with E-state index in [1.54, 1.807) is 24.3 Å². The van der Waals surface area contributed by atoms with Gasteiger partial charge in [0, 0.05) is 16.7 Å². The summed E-state index contributed by atoms with van der Waals surface area (Å²) in [6.07, 6.45) is 4.27. The molecule has 168 valence electrons. The minimum Gasteiger partial charge on any atom is -0.507 e. The summed E-state index contributed by atoms with van der Waals surface area (Å²) in [7, 11) is 1.54. The number of phenols is 2. The van der Waals surface area contributed by atoms with Crippen molar-refractivity contribution < 1.29 is 24.5 Å². The van der Waals surface area contributed by atoms with Gasteiger partial charge in [0.2, 0.25) is 11.2 Å². The Kier molecular flexibility index (Phi) is 6.63. The Morgan fingerprint density at radius 1 is 0.875 bits per heavy atom. The van der Waals surface area contributed by atoms with E-state index in [-0.39, 0.29) is 40.2 Å². The summed E-state index contributed by atoms with van der Waals surface area (Å²) in [6.45, 7) is 7.66. The average molecular weight is 437 g/mol. The third kappa shape index (κ3) is 4.35. The molecule has 0 saturated carbocycles. The molecule has 0 bridgehead atoms. The Balaban J connectivity index is 2.39. The highest BCUT2D eigenvalue weighted by Gasteiger charge is 2.25. The van der Waals surface area contributed by atoms with E-state index in [0.717, 1.165) is 11.1 Å². The lowest BCUT2D eigenvalue weighted by atomic mass is 9.96. The predicted octanol–water partition coefficient (Wildman–Crippen LogP) is 5.60. The van der Waals surface area contributed by atoms with E-state index >= 15 is 0 Å². The fourth-order valence-electron chi connectivity index (χ4n) is 3.44. The van der Waals surface area contributed by atoms with Crippen molar-refractivity contribution in [1.82, 2.24) is 0 Å². The lowest BCUT2D eigenvalue weighted by Gasteiger charge is -2.15. The molecule has 0 aliphatic heterocycles. The van der Waals surface area contributed by atoms with Crippen LogP contribution < -0.4 is 10.2 Å². The number of fused-ring (bicyclic) bond motifs is 1. The molecular weight excluding hydrogens is 408 g/mol. The SMILES string of the molecule is COc1ccc(-c2oc3c(CC=C(C)C)c(O)c(CC=C(C)C)c(O)c3c(=O)c2O)cc1. The van der Waals surface area contributed by atoms with Crippen molar-refractivity contribution in [1.29, 1.82) is 0 Å². The maximum Gasteiger partial charge on any atom is 0.238 e. The van der Waals surface area contributed by atoms with Crippen molar-refractivity contribution in [3.05, 3.63) is 68.9 Å². The number of hydrogen-bond acceptors (Lipinski definition) is 6. The fraction of sp³-hybridized carbons (Fsp3) is 0.269. The van der Waals surface area contributed by atoms with E-state index < -0.39 is 11.2 Å². The van der Waals surface area contributed by atoms with Crippen LogP contribution in [0, 0.1) is 0 Å². The molecular formula is C26H28O6. The third-order valence-electron chi connectivity index (χ3n) is 5.24. The Bertz CT molecular complexity index is 1270. The Morgan fingerprint density at radius 3 is 1.97 bits per heavy atom. The topological polar surface area (TPSA) is 100 Å². The van der Waals surface area contributed by atoms with Crippen LogP contribution in [0.4, 0.5) is 0 Å². The summed E-state index contributed by atoms with van der Waals surface area (Å²) in [5, 5.41) is 32.4. The van der Waals surface area contributed by atoms with Crippen LogP contribution in [0.15, 0.2) is 56.8 Å². The molecule has 0 amide bonds. The van der Waals surface area contributed by atoms with Crippen LogP contribution in [0.2, 0.25) is 0 Å². The molecule has 6 nitrogen and oxygen atoms in total. The van der Waals surface area contributed by atoms with Crippen molar-refractivity contribution in [2.45, 2.75) is 40.5 Å². The fourth-order valence-corrected chi connectivity index (χ4v) is 3.44. The van der Waals surface area contributed by atoms with Gasteiger partial charge >= 0.3 is 0 Å². The van der Waals surface area contributed by atoms with Crippen LogP contribution in [-0.2, 0) is 12.8 Å². The molecule has 1 aromatic heterocycles. The quantitative estimate of drug-likeness (QED) is 0.435. The van der Waals surface area contributed by atoms with Crippen LogP contribution in [-0.4, -0.2) is 22.4 Å². The first-order chi connectivity index (χ1) is 15.1. The summed E-state index contributed by atoms with van der Waals surface area (Å²) in [5.74, 6) is -0.551. The molecule has 3 aromatic rings. The summed E-state index contributed by atoms with van der Waals surface area (Å²) in [5.41, 5.74) is 2.37. The molecule has 0 aliphatic carbocycles. The van der Waals surface area contributed by atoms with Crippen LogP contribution >= 0.6 is 0 Å². The van der Waals surface area contributed by atoms with Gasteiger partial charge in [-0.1, -0.05) is 23.3 Å². The first-order valence-electron chi connectivity index (χ1n) is 10.3. The van der Waals surface area contributed by atoms with Gasteiger partial charge in [0.05, 0.1) is 7.11 Å². The Morgan fingerprint density at radius 2 is 1.44 bits per heavy atom. The molecule has 0 saturated heterocycles. The highest BCUT2D eigenvalue weighted by atomic mass is 16.5. The summed E-state index contributed by atoms with van der Waals surface area (Å²) in [6, 6.07) is 6.67. The second kappa shape index (κ2) is 9.22. The second-order valence-corrected chi connectivity index (χ2v) is 8.17. The average Bonchev–Trinajstić information content (AvgIpc) is 2.75. The monoisotopic (exact) mass is 436 g/mol. The molecule has 0 fully saturated rings. The van der Waals surface area contributed by atoms with Crippen molar-refractivity contribution in [2.24, 2.45) is 0 Å². The molecule has 0 spiro atoms. The van der Waals surface area contributed by atoms with Gasteiger partial charge in [0.1, 0.15) is 28.2 Å². The summed E-state index contributed by atoms with van der Waals surface area (Å²) in [4.78, 5) is 13.2. The van der Waals surface area contributed by atoms with Gasteiger partial charge in [-0.2, -0.15) is 0 Å². The molecule has 6 heteroatoms. The Labute approximate surface area is 186 Å². The minimum absolute atomic E-state index is 0.0422. The zero-order valence-electron chi connectivity index (χ0n) is 18.9. The minimum atomic E-state index is -0.758. The lowest BCUT2D eigenvalue weighted by Crippen LogP contribution is -2.06. The van der Waals surface area contributed by atoms with Gasteiger partial charge < -0.3 is 24.5 Å². The largest absolute Gasteiger partial charge is 0.507 e. The van der Waals surface area contributed by atoms with Gasteiger partial charge in [-0.15, -0.1) is 0 Å². The zero-order chi connectivity index (χ0) is 23.6. The first-order valence-corrected chi connectivity index (χ1v) is 10.3. The summed E-state index contributed by atoms with van der Waals surface area (Å²) < 4.78 is 11.1. The molecule has 0 unspecified atom stereocenters. The molecule has 32 heavy (non-hydrogen) atoms. The van der Waals surface area contributed by atoms with Crippen LogP contribution in [0.5, 0.6) is 23.0 Å². The highest BCUT2D eigenvalue weighted by molar-refractivity contribution is 5.93.